The largest absolute Gasteiger partial charge is 0.480 e. The Morgan fingerprint density at radius 3 is 2.76 bits per heavy atom. The SMILES string of the molecule is CCC(Nc1cncc(C(=O)OC)n1)C(=O)O. The Hall–Kier alpha value is -2.18. The molecule has 1 rings (SSSR count). The van der Waals surface area contributed by atoms with E-state index in [4.69, 9.17) is 5.11 Å². The van der Waals surface area contributed by atoms with E-state index in [0.29, 0.717) is 6.42 Å². The number of carbonyl (C=O) groups excluding carboxylic acids is 1. The Balaban J connectivity index is 2.85. The molecule has 92 valence electrons. The normalized spacial score (nSPS) is 11.6. The molecule has 7 heteroatoms. The number of ether oxygens (including phenoxy) is 1. The molecule has 0 aliphatic heterocycles. The van der Waals surface area contributed by atoms with E-state index in [1.165, 1.54) is 19.5 Å². The van der Waals surface area contributed by atoms with Crippen LogP contribution in [0.25, 0.3) is 0 Å². The second-order valence-corrected chi connectivity index (χ2v) is 3.22. The van der Waals surface area contributed by atoms with Crippen LogP contribution in [-0.2, 0) is 9.53 Å². The lowest BCUT2D eigenvalue weighted by atomic mass is 10.2. The minimum absolute atomic E-state index is 0.0257. The molecule has 0 aliphatic carbocycles. The van der Waals surface area contributed by atoms with E-state index in [1.807, 2.05) is 0 Å². The highest BCUT2D eigenvalue weighted by Crippen LogP contribution is 2.07. The van der Waals surface area contributed by atoms with Gasteiger partial charge in [-0.15, -0.1) is 0 Å². The topological polar surface area (TPSA) is 101 Å². The zero-order valence-corrected chi connectivity index (χ0v) is 9.51. The molecule has 0 radical (unpaired) electrons. The molecule has 0 saturated carbocycles. The number of rotatable bonds is 5. The molecule has 0 saturated heterocycles. The van der Waals surface area contributed by atoms with Gasteiger partial charge in [0.15, 0.2) is 5.69 Å². The second kappa shape index (κ2) is 5.78. The predicted octanol–water partition coefficient (Wildman–Crippen LogP) is 0.538. The van der Waals surface area contributed by atoms with Gasteiger partial charge in [0, 0.05) is 0 Å². The Morgan fingerprint density at radius 1 is 1.53 bits per heavy atom. The van der Waals surface area contributed by atoms with Crippen LogP contribution in [0, 0.1) is 0 Å². The van der Waals surface area contributed by atoms with Crippen molar-refractivity contribution in [1.82, 2.24) is 9.97 Å². The van der Waals surface area contributed by atoms with E-state index < -0.39 is 18.0 Å². The van der Waals surface area contributed by atoms with Gasteiger partial charge in [-0.25, -0.2) is 14.6 Å². The number of hydrogen-bond acceptors (Lipinski definition) is 6. The summed E-state index contributed by atoms with van der Waals surface area (Å²) in [5.74, 6) is -1.38. The van der Waals surface area contributed by atoms with Gasteiger partial charge in [-0.3, -0.25) is 4.98 Å². The van der Waals surface area contributed by atoms with Crippen LogP contribution in [0.1, 0.15) is 23.8 Å². The van der Waals surface area contributed by atoms with Gasteiger partial charge >= 0.3 is 11.9 Å². The van der Waals surface area contributed by atoms with Gasteiger partial charge in [0.25, 0.3) is 0 Å². The molecule has 7 nitrogen and oxygen atoms in total. The number of hydrogen-bond donors (Lipinski definition) is 2. The number of nitrogens with one attached hydrogen (secondary N) is 1. The fraction of sp³-hybridized carbons (Fsp3) is 0.400. The minimum Gasteiger partial charge on any atom is -0.480 e. The molecule has 0 amide bonds. The van der Waals surface area contributed by atoms with E-state index in [2.05, 4.69) is 20.0 Å². The maximum absolute atomic E-state index is 11.2. The lowest BCUT2D eigenvalue weighted by Crippen LogP contribution is -2.29. The number of carboxylic acid groups (broad SMARTS) is 1. The highest BCUT2D eigenvalue weighted by molar-refractivity contribution is 5.87. The van der Waals surface area contributed by atoms with Crippen LogP contribution in [0.2, 0.25) is 0 Å². The average Bonchev–Trinajstić information content (AvgIpc) is 2.34. The number of esters is 1. The van der Waals surface area contributed by atoms with Crippen LogP contribution >= 0.6 is 0 Å². The molecule has 0 spiro atoms. The summed E-state index contributed by atoms with van der Waals surface area (Å²) in [5, 5.41) is 11.5. The highest BCUT2D eigenvalue weighted by Gasteiger charge is 2.16. The fourth-order valence-corrected chi connectivity index (χ4v) is 1.16. The van der Waals surface area contributed by atoms with Gasteiger partial charge in [-0.2, -0.15) is 0 Å². The molecule has 2 N–H and O–H groups in total. The first kappa shape index (κ1) is 12.9. The van der Waals surface area contributed by atoms with Gasteiger partial charge in [0.1, 0.15) is 11.9 Å². The van der Waals surface area contributed by atoms with Crippen molar-refractivity contribution in [1.29, 1.82) is 0 Å². The lowest BCUT2D eigenvalue weighted by Gasteiger charge is -2.12. The van der Waals surface area contributed by atoms with E-state index in [-0.39, 0.29) is 11.5 Å². The maximum atomic E-state index is 11.2. The van der Waals surface area contributed by atoms with E-state index in [0.717, 1.165) is 0 Å². The van der Waals surface area contributed by atoms with Crippen LogP contribution in [0.4, 0.5) is 5.82 Å². The van der Waals surface area contributed by atoms with E-state index in [9.17, 15) is 9.59 Å². The third kappa shape index (κ3) is 3.40. The van der Waals surface area contributed by atoms with Crippen molar-refractivity contribution in [2.75, 3.05) is 12.4 Å². The third-order valence-electron chi connectivity index (χ3n) is 2.06. The number of methoxy groups -OCH3 is 1. The second-order valence-electron chi connectivity index (χ2n) is 3.22. The standard InChI is InChI=1S/C10H13N3O4/c1-3-6(9(14)15)12-8-5-11-4-7(13-8)10(16)17-2/h4-6H,3H2,1-2H3,(H,12,13)(H,14,15). The monoisotopic (exact) mass is 239 g/mol. The minimum atomic E-state index is -0.988. The summed E-state index contributed by atoms with van der Waals surface area (Å²) in [6.45, 7) is 1.73. The number of anilines is 1. The molecule has 1 atom stereocenters. The number of carbonyl (C=O) groups is 2. The van der Waals surface area contributed by atoms with Gasteiger partial charge in [0.2, 0.25) is 0 Å². The molecular formula is C10H13N3O4. The summed E-state index contributed by atoms with van der Waals surface area (Å²) in [6.07, 6.45) is 2.98. The van der Waals surface area contributed by atoms with E-state index in [1.54, 1.807) is 6.92 Å². The Bertz CT molecular complexity index is 422. The summed E-state index contributed by atoms with van der Waals surface area (Å²) in [6, 6.07) is -0.766. The van der Waals surface area contributed by atoms with Crippen molar-refractivity contribution in [3.63, 3.8) is 0 Å². The highest BCUT2D eigenvalue weighted by atomic mass is 16.5. The zero-order chi connectivity index (χ0) is 12.8. The summed E-state index contributed by atoms with van der Waals surface area (Å²) >= 11 is 0. The van der Waals surface area contributed by atoms with Crippen LogP contribution in [0.5, 0.6) is 0 Å². The smallest absolute Gasteiger partial charge is 0.358 e. The van der Waals surface area contributed by atoms with Crippen LogP contribution in [0.15, 0.2) is 12.4 Å². The molecule has 0 aromatic carbocycles. The lowest BCUT2D eigenvalue weighted by molar-refractivity contribution is -0.137. The fourth-order valence-electron chi connectivity index (χ4n) is 1.16. The Labute approximate surface area is 97.8 Å². The molecule has 1 aromatic heterocycles. The molecule has 0 bridgehead atoms. The van der Waals surface area contributed by atoms with Crippen molar-refractivity contribution in [3.05, 3.63) is 18.1 Å². The molecule has 0 fully saturated rings. The molecule has 17 heavy (non-hydrogen) atoms. The number of nitrogens with zero attached hydrogens (tertiary/aromatic N) is 2. The van der Waals surface area contributed by atoms with Crippen molar-refractivity contribution in [2.24, 2.45) is 0 Å². The number of carboxylic acids is 1. The molecule has 1 heterocycles. The molecule has 0 aliphatic rings. The maximum Gasteiger partial charge on any atom is 0.358 e. The molecular weight excluding hydrogens is 226 g/mol. The number of aliphatic carboxylic acids is 1. The zero-order valence-electron chi connectivity index (χ0n) is 9.51. The average molecular weight is 239 g/mol. The Kier molecular flexibility index (Phi) is 4.38. The van der Waals surface area contributed by atoms with Crippen LogP contribution in [0.3, 0.4) is 0 Å². The first-order chi connectivity index (χ1) is 8.08. The summed E-state index contributed by atoms with van der Waals surface area (Å²) in [4.78, 5) is 29.7. The van der Waals surface area contributed by atoms with Crippen LogP contribution < -0.4 is 5.32 Å². The van der Waals surface area contributed by atoms with Crippen molar-refractivity contribution >= 4 is 17.8 Å². The van der Waals surface area contributed by atoms with Crippen molar-refractivity contribution in [3.8, 4) is 0 Å². The predicted molar refractivity (Wildman–Crippen MR) is 58.7 cm³/mol. The molecule has 1 aromatic rings. The summed E-state index contributed by atoms with van der Waals surface area (Å²) in [7, 11) is 1.23. The van der Waals surface area contributed by atoms with Gasteiger partial charge in [-0.05, 0) is 6.42 Å². The first-order valence-electron chi connectivity index (χ1n) is 4.98. The molecule has 1 unspecified atom stereocenters. The quantitative estimate of drug-likeness (QED) is 0.723. The van der Waals surface area contributed by atoms with Crippen molar-refractivity contribution < 1.29 is 19.4 Å². The number of aromatic nitrogens is 2. The summed E-state index contributed by atoms with van der Waals surface area (Å²) < 4.78 is 4.48. The summed E-state index contributed by atoms with van der Waals surface area (Å²) in [5.41, 5.74) is 0.0257. The van der Waals surface area contributed by atoms with Gasteiger partial charge < -0.3 is 15.2 Å². The first-order valence-corrected chi connectivity index (χ1v) is 4.98. The van der Waals surface area contributed by atoms with Gasteiger partial charge in [-0.1, -0.05) is 6.92 Å². The van der Waals surface area contributed by atoms with Crippen LogP contribution in [-0.4, -0.2) is 40.2 Å². The van der Waals surface area contributed by atoms with E-state index >= 15 is 0 Å². The third-order valence-corrected chi connectivity index (χ3v) is 2.06. The van der Waals surface area contributed by atoms with Gasteiger partial charge in [0.05, 0.1) is 19.5 Å². The Morgan fingerprint density at radius 2 is 2.24 bits per heavy atom. The van der Waals surface area contributed by atoms with Crippen molar-refractivity contribution in [2.45, 2.75) is 19.4 Å².